The lowest BCUT2D eigenvalue weighted by Crippen LogP contribution is -2.48. The second-order valence-corrected chi connectivity index (χ2v) is 5.91. The summed E-state index contributed by atoms with van der Waals surface area (Å²) in [6.45, 7) is 5.11. The summed E-state index contributed by atoms with van der Waals surface area (Å²) in [5.74, 6) is 0. The molecule has 3 rings (SSSR count). The maximum Gasteiger partial charge on any atom is 0.409 e. The van der Waals surface area contributed by atoms with Crippen LogP contribution in [0, 0.1) is 0 Å². The summed E-state index contributed by atoms with van der Waals surface area (Å²) in [5, 5.41) is 0.985. The average molecular weight is 306 g/mol. The first-order chi connectivity index (χ1) is 10.2. The highest BCUT2D eigenvalue weighted by Crippen LogP contribution is 2.30. The zero-order valence-electron chi connectivity index (χ0n) is 11.9. The predicted octanol–water partition coefficient (Wildman–Crippen LogP) is 2.16. The largest absolute Gasteiger partial charge is 0.450 e. The number of aromatic nitrogens is 1. The van der Waals surface area contributed by atoms with Crippen LogP contribution in [0.4, 0.5) is 15.6 Å². The number of carbonyl (C=O) groups excluding carboxylic acids is 1. The molecule has 2 aromatic rings. The molecule has 1 amide bonds. The molecule has 1 saturated heterocycles. The second kappa shape index (κ2) is 5.77. The van der Waals surface area contributed by atoms with E-state index in [4.69, 9.17) is 10.5 Å². The molecule has 2 heterocycles. The zero-order chi connectivity index (χ0) is 14.8. The number of hydrogen-bond acceptors (Lipinski definition) is 6. The van der Waals surface area contributed by atoms with Crippen LogP contribution in [0.2, 0.25) is 0 Å². The van der Waals surface area contributed by atoms with Crippen LogP contribution in [0.5, 0.6) is 0 Å². The maximum absolute atomic E-state index is 11.7. The van der Waals surface area contributed by atoms with Gasteiger partial charge in [0.05, 0.1) is 16.8 Å². The lowest BCUT2D eigenvalue weighted by Gasteiger charge is -2.33. The van der Waals surface area contributed by atoms with E-state index >= 15 is 0 Å². The van der Waals surface area contributed by atoms with Crippen molar-refractivity contribution in [2.24, 2.45) is 0 Å². The van der Waals surface area contributed by atoms with E-state index < -0.39 is 0 Å². The molecule has 1 fully saturated rings. The van der Waals surface area contributed by atoms with Gasteiger partial charge in [-0.3, -0.25) is 0 Å². The molecule has 0 bridgehead atoms. The Kier molecular flexibility index (Phi) is 3.83. The van der Waals surface area contributed by atoms with E-state index in [1.54, 1.807) is 16.2 Å². The summed E-state index contributed by atoms with van der Waals surface area (Å²) in [6, 6.07) is 5.76. The molecule has 0 radical (unpaired) electrons. The number of carbonyl (C=O) groups is 1. The van der Waals surface area contributed by atoms with E-state index in [9.17, 15) is 4.79 Å². The number of nitrogens with zero attached hydrogens (tertiary/aromatic N) is 3. The van der Waals surface area contributed by atoms with Crippen molar-refractivity contribution in [3.63, 3.8) is 0 Å². The molecule has 0 saturated carbocycles. The van der Waals surface area contributed by atoms with Gasteiger partial charge >= 0.3 is 6.09 Å². The summed E-state index contributed by atoms with van der Waals surface area (Å²) < 4.78 is 6.12. The Hall–Kier alpha value is -2.02. The van der Waals surface area contributed by atoms with Gasteiger partial charge in [-0.05, 0) is 25.1 Å². The molecule has 0 aliphatic carbocycles. The van der Waals surface area contributed by atoms with Crippen molar-refractivity contribution in [1.82, 2.24) is 9.88 Å². The van der Waals surface area contributed by atoms with Crippen molar-refractivity contribution < 1.29 is 9.53 Å². The van der Waals surface area contributed by atoms with Crippen molar-refractivity contribution in [1.29, 1.82) is 0 Å². The fourth-order valence-electron chi connectivity index (χ4n) is 2.36. The van der Waals surface area contributed by atoms with Crippen molar-refractivity contribution in [2.45, 2.75) is 6.92 Å². The number of rotatable bonds is 2. The number of nitrogens with two attached hydrogens (primary N) is 1. The predicted molar refractivity (Wildman–Crippen MR) is 84.8 cm³/mol. The van der Waals surface area contributed by atoms with E-state index in [0.29, 0.717) is 19.7 Å². The van der Waals surface area contributed by atoms with E-state index in [1.165, 1.54) is 0 Å². The van der Waals surface area contributed by atoms with Crippen LogP contribution in [0.15, 0.2) is 18.2 Å². The maximum atomic E-state index is 11.7. The Morgan fingerprint density at radius 3 is 2.86 bits per heavy atom. The molecule has 7 heteroatoms. The third kappa shape index (κ3) is 2.87. The number of anilines is 2. The van der Waals surface area contributed by atoms with Gasteiger partial charge in [0, 0.05) is 31.9 Å². The minimum atomic E-state index is -0.228. The molecule has 1 aromatic carbocycles. The molecule has 0 atom stereocenters. The Bertz CT molecular complexity index is 649. The molecular formula is C14H18N4O2S. The van der Waals surface area contributed by atoms with Crippen LogP contribution in [0.3, 0.4) is 0 Å². The molecule has 112 valence electrons. The summed E-state index contributed by atoms with van der Waals surface area (Å²) in [7, 11) is 0. The highest BCUT2D eigenvalue weighted by atomic mass is 32.1. The minimum Gasteiger partial charge on any atom is -0.450 e. The number of hydrogen-bond donors (Lipinski definition) is 1. The topological polar surface area (TPSA) is 71.7 Å². The first kappa shape index (κ1) is 13.9. The number of piperazine rings is 1. The number of amides is 1. The number of benzene rings is 1. The first-order valence-electron chi connectivity index (χ1n) is 7.00. The molecular weight excluding hydrogens is 288 g/mol. The fourth-order valence-corrected chi connectivity index (χ4v) is 3.43. The van der Waals surface area contributed by atoms with E-state index in [-0.39, 0.29) is 6.09 Å². The summed E-state index contributed by atoms with van der Waals surface area (Å²) in [4.78, 5) is 20.3. The monoisotopic (exact) mass is 306 g/mol. The van der Waals surface area contributed by atoms with Crippen LogP contribution >= 0.6 is 11.3 Å². The van der Waals surface area contributed by atoms with Gasteiger partial charge in [0.25, 0.3) is 0 Å². The van der Waals surface area contributed by atoms with Gasteiger partial charge in [-0.15, -0.1) is 0 Å². The Morgan fingerprint density at radius 2 is 2.14 bits per heavy atom. The van der Waals surface area contributed by atoms with Crippen molar-refractivity contribution in [2.75, 3.05) is 43.4 Å². The number of thiazole rings is 1. The standard InChI is InChI=1S/C14H18N4O2S/c1-2-20-14(19)18-7-5-17(6-8-18)13-16-11-4-3-10(15)9-12(11)21-13/h3-4,9H,2,5-8,15H2,1H3. The average Bonchev–Trinajstić information content (AvgIpc) is 2.90. The third-order valence-electron chi connectivity index (χ3n) is 3.48. The van der Waals surface area contributed by atoms with Crippen molar-refractivity contribution in [3.8, 4) is 0 Å². The van der Waals surface area contributed by atoms with Crippen LogP contribution in [0.25, 0.3) is 10.2 Å². The molecule has 0 spiro atoms. The lowest BCUT2D eigenvalue weighted by atomic mass is 10.3. The summed E-state index contributed by atoms with van der Waals surface area (Å²) in [5.41, 5.74) is 7.52. The van der Waals surface area contributed by atoms with Gasteiger partial charge in [0.1, 0.15) is 0 Å². The zero-order valence-corrected chi connectivity index (χ0v) is 12.7. The molecule has 2 N–H and O–H groups in total. The van der Waals surface area contributed by atoms with Crippen LogP contribution in [-0.2, 0) is 4.74 Å². The lowest BCUT2D eigenvalue weighted by molar-refractivity contribution is 0.105. The number of ether oxygens (including phenoxy) is 1. The van der Waals surface area contributed by atoms with Crippen LogP contribution in [-0.4, -0.2) is 48.8 Å². The van der Waals surface area contributed by atoms with Gasteiger partial charge in [-0.1, -0.05) is 11.3 Å². The quantitative estimate of drug-likeness (QED) is 0.861. The Morgan fingerprint density at radius 1 is 1.38 bits per heavy atom. The molecule has 0 unspecified atom stereocenters. The molecule has 6 nitrogen and oxygen atoms in total. The smallest absolute Gasteiger partial charge is 0.409 e. The summed E-state index contributed by atoms with van der Waals surface area (Å²) in [6.07, 6.45) is -0.228. The third-order valence-corrected chi connectivity index (χ3v) is 4.56. The normalized spacial score (nSPS) is 15.5. The van der Waals surface area contributed by atoms with Gasteiger partial charge < -0.3 is 20.3 Å². The van der Waals surface area contributed by atoms with Gasteiger partial charge in [-0.2, -0.15) is 0 Å². The van der Waals surface area contributed by atoms with Crippen LogP contribution in [0.1, 0.15) is 6.92 Å². The minimum absolute atomic E-state index is 0.228. The van der Waals surface area contributed by atoms with Crippen molar-refractivity contribution >= 4 is 38.5 Å². The van der Waals surface area contributed by atoms with E-state index in [1.807, 2.05) is 25.1 Å². The number of fused-ring (bicyclic) bond motifs is 1. The van der Waals surface area contributed by atoms with Gasteiger partial charge in [0.2, 0.25) is 0 Å². The van der Waals surface area contributed by atoms with Gasteiger partial charge in [-0.25, -0.2) is 9.78 Å². The molecule has 1 aliphatic heterocycles. The molecule has 21 heavy (non-hydrogen) atoms. The Labute approximate surface area is 127 Å². The first-order valence-corrected chi connectivity index (χ1v) is 7.81. The SMILES string of the molecule is CCOC(=O)N1CCN(c2nc3ccc(N)cc3s2)CC1. The highest BCUT2D eigenvalue weighted by Gasteiger charge is 2.23. The van der Waals surface area contributed by atoms with E-state index in [0.717, 1.165) is 34.1 Å². The van der Waals surface area contributed by atoms with Gasteiger partial charge in [0.15, 0.2) is 5.13 Å². The highest BCUT2D eigenvalue weighted by molar-refractivity contribution is 7.22. The number of nitrogen functional groups attached to an aromatic ring is 1. The van der Waals surface area contributed by atoms with Crippen molar-refractivity contribution in [3.05, 3.63) is 18.2 Å². The Balaban J connectivity index is 1.69. The molecule has 1 aliphatic rings. The molecule has 1 aromatic heterocycles. The summed E-state index contributed by atoms with van der Waals surface area (Å²) >= 11 is 1.64. The van der Waals surface area contributed by atoms with Crippen LogP contribution < -0.4 is 10.6 Å². The second-order valence-electron chi connectivity index (χ2n) is 4.90. The fraction of sp³-hybridized carbons (Fsp3) is 0.429. The van der Waals surface area contributed by atoms with E-state index in [2.05, 4.69) is 9.88 Å².